The standard InChI is InChI=1S/C62H54N4O.Pt/c1-62(2,3)47-34-35-63-59(38-47)66-55-33-30-45(42-18-7-4-8-19-42)36-54(55)52-32-31-50(40-58(52)66)67-49-26-17-25-48(39-49)64-41-65(57-29-16-15-28-56(57)64)61-53(43-20-9-5-10-21-43)37-46-24-13-14-27-51(46)60(61)44-22-11-6-12-23-44;/h5-6,9-12,15-17,20-23,25-26,28-38,42H,4,7-8,13-14,18-19,24,27H2,1-3H3;/q-2;. The van der Waals surface area contributed by atoms with Gasteiger partial charge in [-0.05, 0) is 41.4 Å². The molecule has 0 spiro atoms. The van der Waals surface area contributed by atoms with Crippen LogP contribution < -0.4 is 4.74 Å². The Bertz CT molecular complexity index is 3590. The van der Waals surface area contributed by atoms with Gasteiger partial charge >= 0.3 is 319 Å². The Morgan fingerprint density at radius 1 is 0.603 bits per heavy atom. The summed E-state index contributed by atoms with van der Waals surface area (Å²) in [5, 5.41) is 2.38. The first-order chi connectivity index (χ1) is 33.3. The van der Waals surface area contributed by atoms with Gasteiger partial charge in [-0.2, -0.15) is 0 Å². The molecule has 1 fully saturated rings. The van der Waals surface area contributed by atoms with Gasteiger partial charge in [0.1, 0.15) is 0 Å². The van der Waals surface area contributed by atoms with Gasteiger partial charge in [0, 0.05) is 6.20 Å². The number of imidazole rings is 1. The topological polar surface area (TPSA) is 36.9 Å². The minimum atomic E-state index is -0.0273. The van der Waals surface area contributed by atoms with Gasteiger partial charge in [0.2, 0.25) is 0 Å². The average Bonchev–Trinajstić information content (AvgIpc) is 3.86. The number of para-hydroxylation sites is 2. The minimum absolute atomic E-state index is 0.0273. The SMILES string of the molecule is CC(C)(C)c1ccnc(-n2c3[c-]c(Oc4[c-]c(-n5[c](=[Pt])n(-c6c(-c7ccccc7)cc7c(c6-c6ccccc6)CCCC7)c6ccccc65)ccc4)ccc3c3cc(C4CCCCC4)ccc32)c1. The molecular weight excluding hydrogens is 1010 g/mol. The molecular formula is C62H54N4OPt-2. The van der Waals surface area contributed by atoms with E-state index < -0.39 is 0 Å². The van der Waals surface area contributed by atoms with Crippen molar-refractivity contribution < 1.29 is 24.1 Å². The number of hydrogen-bond acceptors (Lipinski definition) is 2. The predicted molar refractivity (Wildman–Crippen MR) is 274 cm³/mol. The molecule has 1 saturated carbocycles. The molecule has 0 amide bonds. The molecule has 2 aliphatic carbocycles. The third-order valence-electron chi connectivity index (χ3n) is 14.5. The maximum absolute atomic E-state index is 6.82. The van der Waals surface area contributed by atoms with E-state index >= 15 is 0 Å². The summed E-state index contributed by atoms with van der Waals surface area (Å²) in [6.07, 6.45) is 13.0. The third-order valence-corrected chi connectivity index (χ3v) is 15.5. The van der Waals surface area contributed by atoms with Crippen molar-refractivity contribution in [1.29, 1.82) is 0 Å². The number of nitrogens with zero attached hydrogens (tertiary/aromatic N) is 4. The second-order valence-electron chi connectivity index (χ2n) is 19.8. The number of ether oxygens (including phenoxy) is 1. The van der Waals surface area contributed by atoms with Gasteiger partial charge in [0.15, 0.2) is 0 Å². The molecule has 0 unspecified atom stereocenters. The van der Waals surface area contributed by atoms with Gasteiger partial charge in [0.05, 0.1) is 0 Å². The molecule has 0 saturated heterocycles. The second-order valence-corrected chi connectivity index (χ2v) is 20.8. The first-order valence-electron chi connectivity index (χ1n) is 24.4. The molecule has 3 aromatic heterocycles. The van der Waals surface area contributed by atoms with Gasteiger partial charge in [0.25, 0.3) is 0 Å². The van der Waals surface area contributed by atoms with Crippen molar-refractivity contribution in [3.05, 3.63) is 196 Å². The molecule has 0 N–H and O–H groups in total. The van der Waals surface area contributed by atoms with Gasteiger partial charge in [-0.15, -0.1) is 0 Å². The Balaban J connectivity index is 0.999. The molecule has 0 aliphatic heterocycles. The van der Waals surface area contributed by atoms with Crippen molar-refractivity contribution in [3.8, 4) is 50.9 Å². The molecule has 0 atom stereocenters. The van der Waals surface area contributed by atoms with Crippen LogP contribution in [0, 0.1) is 15.9 Å². The fourth-order valence-electron chi connectivity index (χ4n) is 11.1. The quantitative estimate of drug-likeness (QED) is 0.142. The van der Waals surface area contributed by atoms with Gasteiger partial charge in [-0.25, -0.2) is 0 Å². The van der Waals surface area contributed by atoms with Crippen molar-refractivity contribution in [2.24, 2.45) is 0 Å². The van der Waals surface area contributed by atoms with E-state index in [4.69, 9.17) is 9.72 Å². The number of fused-ring (bicyclic) bond motifs is 5. The monoisotopic (exact) mass is 1070 g/mol. The zero-order valence-electron chi connectivity index (χ0n) is 39.0. The molecule has 12 rings (SSSR count). The summed E-state index contributed by atoms with van der Waals surface area (Å²) in [7, 11) is 0. The van der Waals surface area contributed by atoms with Crippen LogP contribution in [0.4, 0.5) is 0 Å². The predicted octanol–water partition coefficient (Wildman–Crippen LogP) is 15.9. The molecule has 68 heavy (non-hydrogen) atoms. The molecule has 7 aromatic carbocycles. The van der Waals surface area contributed by atoms with Crippen LogP contribution in [0.15, 0.2) is 158 Å². The van der Waals surface area contributed by atoms with E-state index in [1.54, 1.807) is 0 Å². The van der Waals surface area contributed by atoms with Gasteiger partial charge < -0.3 is 0 Å². The first kappa shape index (κ1) is 42.8. The van der Waals surface area contributed by atoms with E-state index in [1.807, 2.05) is 12.3 Å². The van der Waals surface area contributed by atoms with Crippen LogP contribution in [-0.4, -0.2) is 18.7 Å². The Morgan fingerprint density at radius 3 is 2.10 bits per heavy atom. The van der Waals surface area contributed by atoms with Gasteiger partial charge in [-0.3, -0.25) is 0 Å². The summed E-state index contributed by atoms with van der Waals surface area (Å²) < 4.78 is 15.0. The van der Waals surface area contributed by atoms with E-state index in [-0.39, 0.29) is 5.41 Å². The Labute approximate surface area is 410 Å². The normalized spacial score (nSPS) is 14.5. The Kier molecular flexibility index (Phi) is 11.0. The van der Waals surface area contributed by atoms with Crippen LogP contribution in [0.1, 0.15) is 93.9 Å². The Hall–Kier alpha value is -6.55. The number of pyridine rings is 1. The molecule has 3 heterocycles. The van der Waals surface area contributed by atoms with Crippen LogP contribution >= 0.6 is 0 Å². The van der Waals surface area contributed by atoms with Crippen LogP contribution in [-0.2, 0) is 37.6 Å². The fraction of sp³-hybridized carbons (Fsp3) is 0.226. The number of benzene rings is 7. The van der Waals surface area contributed by atoms with E-state index in [0.717, 1.165) is 55.6 Å². The summed E-state index contributed by atoms with van der Waals surface area (Å²) in [6.45, 7) is 6.77. The zero-order chi connectivity index (χ0) is 45.9. The molecule has 5 nitrogen and oxygen atoms in total. The van der Waals surface area contributed by atoms with Crippen LogP contribution in [0.5, 0.6) is 11.5 Å². The van der Waals surface area contributed by atoms with E-state index in [2.05, 4.69) is 212 Å². The second kappa shape index (κ2) is 17.5. The molecule has 0 bridgehead atoms. The number of hydrogen-bond donors (Lipinski definition) is 0. The summed E-state index contributed by atoms with van der Waals surface area (Å²) in [6, 6.07) is 62.7. The first-order valence-corrected chi connectivity index (χ1v) is 25.6. The number of aromatic nitrogens is 4. The van der Waals surface area contributed by atoms with Gasteiger partial charge in [-0.1, -0.05) is 46.1 Å². The molecule has 6 heteroatoms. The Morgan fingerprint density at radius 2 is 1.32 bits per heavy atom. The van der Waals surface area contributed by atoms with Crippen molar-refractivity contribution in [1.82, 2.24) is 18.7 Å². The van der Waals surface area contributed by atoms with Crippen molar-refractivity contribution >= 4 is 32.8 Å². The van der Waals surface area contributed by atoms with Crippen LogP contribution in [0.25, 0.3) is 72.3 Å². The van der Waals surface area contributed by atoms with Crippen LogP contribution in [0.3, 0.4) is 0 Å². The summed E-state index contributed by atoms with van der Waals surface area (Å²) in [5.41, 5.74) is 17.0. The van der Waals surface area contributed by atoms with Crippen molar-refractivity contribution in [2.75, 3.05) is 0 Å². The molecule has 2 aliphatic rings. The molecule has 10 aromatic rings. The summed E-state index contributed by atoms with van der Waals surface area (Å²) in [4.78, 5) is 4.98. The maximum atomic E-state index is 6.82. The summed E-state index contributed by atoms with van der Waals surface area (Å²) >= 11 is 2.54. The van der Waals surface area contributed by atoms with Crippen molar-refractivity contribution in [2.45, 2.75) is 89.9 Å². The van der Waals surface area contributed by atoms with Crippen LogP contribution in [0.2, 0.25) is 0 Å². The van der Waals surface area contributed by atoms with E-state index in [9.17, 15) is 0 Å². The van der Waals surface area contributed by atoms with E-state index in [1.165, 1.54) is 101 Å². The van der Waals surface area contributed by atoms with Crippen molar-refractivity contribution in [3.63, 3.8) is 0 Å². The number of rotatable bonds is 8. The molecule has 0 radical (unpaired) electrons. The third kappa shape index (κ3) is 7.60. The molecule has 340 valence electrons. The summed E-state index contributed by atoms with van der Waals surface area (Å²) in [5.74, 6) is 2.74. The average molecular weight is 1070 g/mol. The fourth-order valence-corrected chi connectivity index (χ4v) is 12.2. The number of aryl methyl sites for hydroxylation is 1. The van der Waals surface area contributed by atoms with E-state index in [0.29, 0.717) is 17.4 Å². The zero-order valence-corrected chi connectivity index (χ0v) is 41.2.